The van der Waals surface area contributed by atoms with Gasteiger partial charge in [-0.3, -0.25) is 9.69 Å². The van der Waals surface area contributed by atoms with Crippen LogP contribution in [-0.2, 0) is 11.0 Å². The summed E-state index contributed by atoms with van der Waals surface area (Å²) in [5.41, 5.74) is 0.876. The van der Waals surface area contributed by atoms with Gasteiger partial charge in [-0.1, -0.05) is 59.9 Å². The van der Waals surface area contributed by atoms with Gasteiger partial charge in [-0.25, -0.2) is 0 Å². The lowest BCUT2D eigenvalue weighted by atomic mass is 10.1. The first-order chi connectivity index (χ1) is 14.2. The van der Waals surface area contributed by atoms with E-state index in [2.05, 4.69) is 0 Å². The highest BCUT2D eigenvalue weighted by Crippen LogP contribution is 2.39. The zero-order valence-electron chi connectivity index (χ0n) is 15.6. The van der Waals surface area contributed by atoms with Gasteiger partial charge in [0.15, 0.2) is 4.32 Å². The van der Waals surface area contributed by atoms with Crippen molar-refractivity contribution in [3.63, 3.8) is 0 Å². The molecule has 1 saturated heterocycles. The highest BCUT2D eigenvalue weighted by Gasteiger charge is 2.35. The Morgan fingerprint density at radius 1 is 1.03 bits per heavy atom. The summed E-state index contributed by atoms with van der Waals surface area (Å²) in [7, 11) is 0. The molecule has 3 aromatic rings. The maximum absolute atomic E-state index is 13.3. The zero-order valence-corrected chi connectivity index (χ0v) is 17.2. The number of halogens is 3. The molecule has 1 fully saturated rings. The van der Waals surface area contributed by atoms with Crippen molar-refractivity contribution in [1.29, 1.82) is 0 Å². The molecular weight excluding hydrogens is 431 g/mol. The number of thiocarbonyl (C=S) groups is 1. The Bertz CT molecular complexity index is 1160. The molecule has 0 bridgehead atoms. The number of hydrogen-bond donors (Lipinski definition) is 0. The van der Waals surface area contributed by atoms with Gasteiger partial charge in [0.2, 0.25) is 0 Å². The van der Waals surface area contributed by atoms with Crippen LogP contribution in [0.3, 0.4) is 0 Å². The number of alkyl halides is 3. The molecule has 0 radical (unpaired) electrons. The molecular formula is C22H14F3NO2S2. The van der Waals surface area contributed by atoms with Crippen molar-refractivity contribution in [2.75, 3.05) is 4.90 Å². The molecule has 2 heterocycles. The van der Waals surface area contributed by atoms with Crippen molar-refractivity contribution >= 4 is 46.0 Å². The molecule has 3 nitrogen and oxygen atoms in total. The second kappa shape index (κ2) is 7.77. The van der Waals surface area contributed by atoms with Crippen LogP contribution < -0.4 is 4.90 Å². The summed E-state index contributed by atoms with van der Waals surface area (Å²) < 4.78 is 45.8. The first-order valence-corrected chi connectivity index (χ1v) is 10.1. The summed E-state index contributed by atoms with van der Waals surface area (Å²) in [5, 5.41) is 0. The standard InChI is InChI=1S/C22H14F3NO2S2/c1-13-6-8-14(9-7-13)26-20(27)19(30-21(26)29)12-15-10-11-18(28-15)16-4-2-3-5-17(16)22(23,24)25/h2-12H,1H3/b19-12+. The second-order valence-electron chi connectivity index (χ2n) is 6.60. The van der Waals surface area contributed by atoms with Crippen LogP contribution in [0.2, 0.25) is 0 Å². The fraction of sp³-hybridized carbons (Fsp3) is 0.0909. The van der Waals surface area contributed by atoms with Crippen molar-refractivity contribution in [3.05, 3.63) is 82.5 Å². The summed E-state index contributed by atoms with van der Waals surface area (Å²) in [6.07, 6.45) is -3.01. The van der Waals surface area contributed by atoms with Crippen LogP contribution in [0.5, 0.6) is 0 Å². The van der Waals surface area contributed by atoms with Crippen molar-refractivity contribution in [1.82, 2.24) is 0 Å². The second-order valence-corrected chi connectivity index (χ2v) is 8.27. The quantitative estimate of drug-likeness (QED) is 0.333. The van der Waals surface area contributed by atoms with Gasteiger partial charge in [0.25, 0.3) is 5.91 Å². The van der Waals surface area contributed by atoms with E-state index in [0.717, 1.165) is 23.4 Å². The SMILES string of the molecule is Cc1ccc(N2C(=O)/C(=C\c3ccc(-c4ccccc4C(F)(F)F)o3)SC2=S)cc1. The average Bonchev–Trinajstić information content (AvgIpc) is 3.27. The lowest BCUT2D eigenvalue weighted by Gasteiger charge is -2.14. The van der Waals surface area contributed by atoms with Gasteiger partial charge in [-0.15, -0.1) is 0 Å². The van der Waals surface area contributed by atoms with E-state index in [1.165, 1.54) is 41.3 Å². The first-order valence-electron chi connectivity index (χ1n) is 8.85. The number of rotatable bonds is 3. The van der Waals surface area contributed by atoms with E-state index in [-0.39, 0.29) is 23.0 Å². The van der Waals surface area contributed by atoms with Gasteiger partial charge >= 0.3 is 6.18 Å². The predicted octanol–water partition coefficient (Wildman–Crippen LogP) is 6.68. The number of thioether (sulfide) groups is 1. The summed E-state index contributed by atoms with van der Waals surface area (Å²) in [6, 6.07) is 15.6. The molecule has 30 heavy (non-hydrogen) atoms. The molecule has 0 saturated carbocycles. The lowest BCUT2D eigenvalue weighted by molar-refractivity contribution is -0.137. The molecule has 0 spiro atoms. The number of hydrogen-bond acceptors (Lipinski definition) is 4. The smallest absolute Gasteiger partial charge is 0.417 e. The van der Waals surface area contributed by atoms with Crippen molar-refractivity contribution < 1.29 is 22.4 Å². The molecule has 8 heteroatoms. The van der Waals surface area contributed by atoms with Crippen LogP contribution >= 0.6 is 24.0 Å². The Morgan fingerprint density at radius 2 is 1.73 bits per heavy atom. The number of carbonyl (C=O) groups excluding carboxylic acids is 1. The number of amides is 1. The van der Waals surface area contributed by atoms with Gasteiger partial charge in [0.1, 0.15) is 11.5 Å². The number of aryl methyl sites for hydroxylation is 1. The van der Waals surface area contributed by atoms with Gasteiger partial charge in [0.05, 0.1) is 16.2 Å². The minimum Gasteiger partial charge on any atom is -0.457 e. The van der Waals surface area contributed by atoms with Crippen LogP contribution in [0.4, 0.5) is 18.9 Å². The van der Waals surface area contributed by atoms with Crippen molar-refractivity contribution in [3.8, 4) is 11.3 Å². The van der Waals surface area contributed by atoms with Crippen molar-refractivity contribution in [2.45, 2.75) is 13.1 Å². The summed E-state index contributed by atoms with van der Waals surface area (Å²) in [6.45, 7) is 1.94. The van der Waals surface area contributed by atoms with Crippen LogP contribution in [0.15, 0.2) is 70.0 Å². The van der Waals surface area contributed by atoms with Crippen LogP contribution in [0.1, 0.15) is 16.9 Å². The highest BCUT2D eigenvalue weighted by atomic mass is 32.2. The molecule has 2 aromatic carbocycles. The largest absolute Gasteiger partial charge is 0.457 e. The van der Waals surface area contributed by atoms with E-state index >= 15 is 0 Å². The van der Waals surface area contributed by atoms with E-state index in [4.69, 9.17) is 16.6 Å². The predicted molar refractivity (Wildman–Crippen MR) is 116 cm³/mol. The van der Waals surface area contributed by atoms with Crippen LogP contribution in [0, 0.1) is 6.92 Å². The monoisotopic (exact) mass is 445 g/mol. The zero-order chi connectivity index (χ0) is 21.5. The number of furan rings is 1. The van der Waals surface area contributed by atoms with E-state index in [1.807, 2.05) is 31.2 Å². The first kappa shape index (κ1) is 20.4. The van der Waals surface area contributed by atoms with E-state index < -0.39 is 11.7 Å². The van der Waals surface area contributed by atoms with Gasteiger partial charge < -0.3 is 4.42 Å². The van der Waals surface area contributed by atoms with Gasteiger partial charge in [-0.05, 0) is 37.3 Å². The Morgan fingerprint density at radius 3 is 2.43 bits per heavy atom. The number of carbonyl (C=O) groups is 1. The molecule has 0 N–H and O–H groups in total. The van der Waals surface area contributed by atoms with E-state index in [1.54, 1.807) is 0 Å². The Labute approximate surface area is 180 Å². The molecule has 0 atom stereocenters. The number of anilines is 1. The minimum atomic E-state index is -4.50. The maximum Gasteiger partial charge on any atom is 0.417 e. The third-order valence-electron chi connectivity index (χ3n) is 4.48. The third kappa shape index (κ3) is 3.93. The number of benzene rings is 2. The molecule has 1 aromatic heterocycles. The average molecular weight is 445 g/mol. The van der Waals surface area contributed by atoms with Crippen LogP contribution in [-0.4, -0.2) is 10.2 Å². The molecule has 152 valence electrons. The topological polar surface area (TPSA) is 33.5 Å². The maximum atomic E-state index is 13.3. The third-order valence-corrected chi connectivity index (χ3v) is 5.79. The fourth-order valence-electron chi connectivity index (χ4n) is 3.03. The summed E-state index contributed by atoms with van der Waals surface area (Å²) in [5.74, 6) is 0.0390. The molecule has 1 aliphatic rings. The Kier molecular flexibility index (Phi) is 5.29. The molecule has 4 rings (SSSR count). The fourth-order valence-corrected chi connectivity index (χ4v) is 4.31. The Hall–Kier alpha value is -2.84. The van der Waals surface area contributed by atoms with Crippen LogP contribution in [0.25, 0.3) is 17.4 Å². The number of nitrogens with zero attached hydrogens (tertiary/aromatic N) is 1. The van der Waals surface area contributed by atoms with E-state index in [9.17, 15) is 18.0 Å². The Balaban J connectivity index is 1.63. The molecule has 1 aliphatic heterocycles. The normalized spacial score (nSPS) is 16.0. The lowest BCUT2D eigenvalue weighted by Crippen LogP contribution is -2.27. The minimum absolute atomic E-state index is 0.0585. The van der Waals surface area contributed by atoms with E-state index in [0.29, 0.717) is 14.9 Å². The summed E-state index contributed by atoms with van der Waals surface area (Å²) >= 11 is 6.45. The molecule has 1 amide bonds. The van der Waals surface area contributed by atoms with Gasteiger partial charge in [-0.2, -0.15) is 13.2 Å². The van der Waals surface area contributed by atoms with Crippen molar-refractivity contribution in [2.24, 2.45) is 0 Å². The molecule has 0 unspecified atom stereocenters. The highest BCUT2D eigenvalue weighted by molar-refractivity contribution is 8.27. The van der Waals surface area contributed by atoms with Gasteiger partial charge in [0, 0.05) is 11.6 Å². The molecule has 0 aliphatic carbocycles. The summed E-state index contributed by atoms with van der Waals surface area (Å²) in [4.78, 5) is 14.6.